The highest BCUT2D eigenvalue weighted by Gasteiger charge is 2.13. The predicted octanol–water partition coefficient (Wildman–Crippen LogP) is 3.18. The fraction of sp³-hybridized carbons (Fsp3) is 0.143. The maximum atomic E-state index is 13.1. The second kappa shape index (κ2) is 5.75. The van der Waals surface area contributed by atoms with Crippen LogP contribution in [-0.2, 0) is 0 Å². The van der Waals surface area contributed by atoms with Crippen LogP contribution in [0.3, 0.4) is 0 Å². The molecule has 0 radical (unpaired) electrons. The number of hydrogen-bond acceptors (Lipinski definition) is 2. The summed E-state index contributed by atoms with van der Waals surface area (Å²) in [5, 5.41) is 0. The van der Waals surface area contributed by atoms with Crippen molar-refractivity contribution < 1.29 is 17.9 Å². The minimum absolute atomic E-state index is 0.130. The molecule has 2 aromatic rings. The topological polar surface area (TPSA) is 35.2 Å². The Morgan fingerprint density at radius 3 is 2.21 bits per heavy atom. The van der Waals surface area contributed by atoms with E-state index in [0.717, 1.165) is 12.1 Å². The fourth-order valence-corrected chi connectivity index (χ4v) is 1.64. The number of rotatable bonds is 4. The molecule has 0 aliphatic heterocycles. The highest BCUT2D eigenvalue weighted by Crippen LogP contribution is 2.23. The summed E-state index contributed by atoms with van der Waals surface area (Å²) < 4.78 is 44.1. The Bertz CT molecular complexity index is 557. The quantitative estimate of drug-likeness (QED) is 0.923. The predicted molar refractivity (Wildman–Crippen MR) is 65.2 cm³/mol. The van der Waals surface area contributed by atoms with Crippen LogP contribution in [0, 0.1) is 17.5 Å². The summed E-state index contributed by atoms with van der Waals surface area (Å²) in [7, 11) is 0. The molecular formula is C14H12F3NO. The van der Waals surface area contributed by atoms with Crippen molar-refractivity contribution in [3.63, 3.8) is 0 Å². The summed E-state index contributed by atoms with van der Waals surface area (Å²) in [6.45, 7) is 0.130. The molecule has 2 rings (SSSR count). The van der Waals surface area contributed by atoms with Gasteiger partial charge in [0.15, 0.2) is 11.6 Å². The second-order valence-corrected chi connectivity index (χ2v) is 3.97. The van der Waals surface area contributed by atoms with Gasteiger partial charge in [-0.25, -0.2) is 13.2 Å². The number of ether oxygens (including phenoxy) is 1. The molecule has 0 bridgehead atoms. The van der Waals surface area contributed by atoms with E-state index >= 15 is 0 Å². The highest BCUT2D eigenvalue weighted by molar-refractivity contribution is 5.26. The van der Waals surface area contributed by atoms with E-state index in [1.807, 2.05) is 0 Å². The van der Waals surface area contributed by atoms with E-state index in [1.165, 1.54) is 30.3 Å². The van der Waals surface area contributed by atoms with Crippen LogP contribution in [0.1, 0.15) is 11.7 Å². The zero-order valence-corrected chi connectivity index (χ0v) is 9.95. The molecule has 1 atom stereocenters. The summed E-state index contributed by atoms with van der Waals surface area (Å²) in [6.07, 6.45) is -0.550. The summed E-state index contributed by atoms with van der Waals surface area (Å²) in [5.74, 6) is -2.14. The van der Waals surface area contributed by atoms with Gasteiger partial charge in [0.1, 0.15) is 17.7 Å². The first-order valence-corrected chi connectivity index (χ1v) is 5.67. The summed E-state index contributed by atoms with van der Waals surface area (Å²) in [5.41, 5.74) is 6.23. The van der Waals surface area contributed by atoms with Gasteiger partial charge in [0.05, 0.1) is 0 Å². The molecule has 0 fully saturated rings. The maximum absolute atomic E-state index is 13.1. The van der Waals surface area contributed by atoms with Crippen molar-refractivity contribution in [3.8, 4) is 5.75 Å². The van der Waals surface area contributed by atoms with Gasteiger partial charge in [-0.05, 0) is 29.8 Å². The van der Waals surface area contributed by atoms with Gasteiger partial charge in [0.25, 0.3) is 0 Å². The van der Waals surface area contributed by atoms with Crippen LogP contribution in [0.2, 0.25) is 0 Å². The SMILES string of the molecule is NCC(Oc1ccc(F)c(F)c1)c1ccc(F)cc1. The molecule has 0 aliphatic rings. The molecule has 100 valence electrons. The van der Waals surface area contributed by atoms with Crippen LogP contribution in [0.4, 0.5) is 13.2 Å². The van der Waals surface area contributed by atoms with Crippen LogP contribution < -0.4 is 10.5 Å². The van der Waals surface area contributed by atoms with E-state index < -0.39 is 17.7 Å². The van der Waals surface area contributed by atoms with E-state index in [0.29, 0.717) is 5.56 Å². The van der Waals surface area contributed by atoms with Gasteiger partial charge in [-0.15, -0.1) is 0 Å². The number of hydrogen-bond donors (Lipinski definition) is 1. The Morgan fingerprint density at radius 2 is 1.63 bits per heavy atom. The largest absolute Gasteiger partial charge is 0.484 e. The van der Waals surface area contributed by atoms with Gasteiger partial charge in [-0.2, -0.15) is 0 Å². The Labute approximate surface area is 108 Å². The fourth-order valence-electron chi connectivity index (χ4n) is 1.64. The summed E-state index contributed by atoms with van der Waals surface area (Å²) in [4.78, 5) is 0. The van der Waals surface area contributed by atoms with Crippen LogP contribution in [0.15, 0.2) is 42.5 Å². The lowest BCUT2D eigenvalue weighted by atomic mass is 10.1. The highest BCUT2D eigenvalue weighted by atomic mass is 19.2. The van der Waals surface area contributed by atoms with Crippen molar-refractivity contribution >= 4 is 0 Å². The third kappa shape index (κ3) is 3.26. The normalized spacial score (nSPS) is 12.2. The molecule has 0 saturated heterocycles. The van der Waals surface area contributed by atoms with Gasteiger partial charge in [0.2, 0.25) is 0 Å². The molecule has 19 heavy (non-hydrogen) atoms. The van der Waals surface area contributed by atoms with E-state index in [4.69, 9.17) is 10.5 Å². The zero-order valence-electron chi connectivity index (χ0n) is 9.95. The zero-order chi connectivity index (χ0) is 13.8. The van der Waals surface area contributed by atoms with Crippen LogP contribution >= 0.6 is 0 Å². The lowest BCUT2D eigenvalue weighted by Gasteiger charge is -2.18. The van der Waals surface area contributed by atoms with Gasteiger partial charge in [-0.3, -0.25) is 0 Å². The second-order valence-electron chi connectivity index (χ2n) is 3.97. The third-order valence-electron chi connectivity index (χ3n) is 2.63. The molecular weight excluding hydrogens is 255 g/mol. The molecule has 2 N–H and O–H groups in total. The van der Waals surface area contributed by atoms with Crippen molar-refractivity contribution in [3.05, 3.63) is 65.5 Å². The van der Waals surface area contributed by atoms with Gasteiger partial charge < -0.3 is 10.5 Å². The van der Waals surface area contributed by atoms with Gasteiger partial charge in [0, 0.05) is 12.6 Å². The molecule has 5 heteroatoms. The average Bonchev–Trinajstić information content (AvgIpc) is 2.41. The number of nitrogens with two attached hydrogens (primary N) is 1. The van der Waals surface area contributed by atoms with Crippen molar-refractivity contribution in [1.29, 1.82) is 0 Å². The number of halogens is 3. The first kappa shape index (κ1) is 13.4. The first-order valence-electron chi connectivity index (χ1n) is 5.67. The van der Waals surface area contributed by atoms with Crippen LogP contribution in [0.25, 0.3) is 0 Å². The molecule has 0 spiro atoms. The molecule has 0 amide bonds. The van der Waals surface area contributed by atoms with E-state index in [1.54, 1.807) is 0 Å². The minimum Gasteiger partial charge on any atom is -0.484 e. The molecule has 1 unspecified atom stereocenters. The Balaban J connectivity index is 2.18. The Hall–Kier alpha value is -2.01. The van der Waals surface area contributed by atoms with Crippen LogP contribution in [0.5, 0.6) is 5.75 Å². The lowest BCUT2D eigenvalue weighted by molar-refractivity contribution is 0.212. The first-order chi connectivity index (χ1) is 9.10. The molecule has 0 aliphatic carbocycles. The molecule has 0 saturated carbocycles. The maximum Gasteiger partial charge on any atom is 0.162 e. The van der Waals surface area contributed by atoms with Crippen LogP contribution in [-0.4, -0.2) is 6.54 Å². The van der Waals surface area contributed by atoms with Gasteiger partial charge >= 0.3 is 0 Å². The van der Waals surface area contributed by atoms with E-state index in [2.05, 4.69) is 0 Å². The van der Waals surface area contributed by atoms with Crippen molar-refractivity contribution in [1.82, 2.24) is 0 Å². The average molecular weight is 267 g/mol. The smallest absolute Gasteiger partial charge is 0.162 e. The Morgan fingerprint density at radius 1 is 0.947 bits per heavy atom. The number of benzene rings is 2. The van der Waals surface area contributed by atoms with Crippen molar-refractivity contribution in [2.24, 2.45) is 5.73 Å². The minimum atomic E-state index is -0.993. The van der Waals surface area contributed by atoms with Crippen molar-refractivity contribution in [2.45, 2.75) is 6.10 Å². The lowest BCUT2D eigenvalue weighted by Crippen LogP contribution is -2.18. The summed E-state index contributed by atoms with van der Waals surface area (Å²) >= 11 is 0. The van der Waals surface area contributed by atoms with Gasteiger partial charge in [-0.1, -0.05) is 12.1 Å². The molecule has 0 heterocycles. The summed E-state index contributed by atoms with van der Waals surface area (Å²) in [6, 6.07) is 8.87. The van der Waals surface area contributed by atoms with E-state index in [9.17, 15) is 13.2 Å². The molecule has 0 aromatic heterocycles. The third-order valence-corrected chi connectivity index (χ3v) is 2.63. The monoisotopic (exact) mass is 267 g/mol. The van der Waals surface area contributed by atoms with Crippen molar-refractivity contribution in [2.75, 3.05) is 6.54 Å². The Kier molecular flexibility index (Phi) is 4.06. The standard InChI is InChI=1S/C14H12F3NO/c15-10-3-1-9(2-4-10)14(8-18)19-11-5-6-12(16)13(17)7-11/h1-7,14H,8,18H2. The molecule has 2 nitrogen and oxygen atoms in total. The van der Waals surface area contributed by atoms with E-state index in [-0.39, 0.29) is 18.1 Å². The molecule has 2 aromatic carbocycles.